The minimum absolute atomic E-state index is 0.0932. The summed E-state index contributed by atoms with van der Waals surface area (Å²) >= 11 is 0. The average Bonchev–Trinajstić information content (AvgIpc) is 3.47. The predicted molar refractivity (Wildman–Crippen MR) is 353 cm³/mol. The summed E-state index contributed by atoms with van der Waals surface area (Å²) in [4.78, 5) is 38.4. The molecule has 81 heavy (non-hydrogen) atoms. The molecule has 6 nitrogen and oxygen atoms in total. The van der Waals surface area contributed by atoms with Gasteiger partial charge in [-0.15, -0.1) is 0 Å². The highest BCUT2D eigenvalue weighted by Crippen LogP contribution is 2.17. The molecule has 0 aliphatic heterocycles. The molecule has 0 saturated heterocycles. The van der Waals surface area contributed by atoms with Gasteiger partial charge in [0.1, 0.15) is 13.2 Å². The molecule has 0 saturated carbocycles. The van der Waals surface area contributed by atoms with Crippen molar-refractivity contribution in [2.24, 2.45) is 0 Å². The minimum atomic E-state index is -0.798. The van der Waals surface area contributed by atoms with Gasteiger partial charge in [0.2, 0.25) is 0 Å². The van der Waals surface area contributed by atoms with E-state index in [4.69, 9.17) is 14.2 Å². The maximum atomic E-state index is 12.9. The maximum absolute atomic E-state index is 12.9. The Hall–Kier alpha value is -4.19. The Balaban J connectivity index is 4.40. The first-order valence-corrected chi connectivity index (χ1v) is 34.0. The fraction of sp³-hybridized carbons (Fsp3) is 0.693. The molecule has 6 heteroatoms. The first-order chi connectivity index (χ1) is 40.0. The maximum Gasteiger partial charge on any atom is 0.306 e. The number of ether oxygens (including phenoxy) is 3. The summed E-state index contributed by atoms with van der Waals surface area (Å²) in [6.07, 6.45) is 94.9. The zero-order valence-corrected chi connectivity index (χ0v) is 53.0. The quantitative estimate of drug-likeness (QED) is 0.0261. The lowest BCUT2D eigenvalue weighted by Gasteiger charge is -2.18. The van der Waals surface area contributed by atoms with E-state index >= 15 is 0 Å². The molecule has 0 bridgehead atoms. The molecule has 0 rings (SSSR count). The van der Waals surface area contributed by atoms with Gasteiger partial charge in [-0.1, -0.05) is 303 Å². The van der Waals surface area contributed by atoms with Crippen molar-refractivity contribution in [1.29, 1.82) is 0 Å². The highest BCUT2D eigenvalue weighted by atomic mass is 16.6. The van der Waals surface area contributed by atoms with Crippen LogP contribution in [0.15, 0.2) is 122 Å². The third kappa shape index (κ3) is 66.5. The van der Waals surface area contributed by atoms with Gasteiger partial charge in [0.05, 0.1) is 0 Å². The van der Waals surface area contributed by atoms with E-state index in [1.54, 1.807) is 0 Å². The van der Waals surface area contributed by atoms with Crippen molar-refractivity contribution in [2.45, 2.75) is 322 Å². The number of hydrogen-bond donors (Lipinski definition) is 0. The van der Waals surface area contributed by atoms with E-state index < -0.39 is 6.10 Å². The highest BCUT2D eigenvalue weighted by Gasteiger charge is 2.19. The summed E-state index contributed by atoms with van der Waals surface area (Å²) in [5, 5.41) is 0. The van der Waals surface area contributed by atoms with E-state index in [1.165, 1.54) is 128 Å². The zero-order chi connectivity index (χ0) is 58.5. The Labute approximate surface area is 501 Å². The van der Waals surface area contributed by atoms with Gasteiger partial charge in [-0.2, -0.15) is 0 Å². The average molecular weight is 1120 g/mol. The number of rotatable bonds is 61. The Morgan fingerprint density at radius 2 is 0.481 bits per heavy atom. The lowest BCUT2D eigenvalue weighted by Crippen LogP contribution is -2.30. The van der Waals surface area contributed by atoms with Gasteiger partial charge < -0.3 is 14.2 Å². The van der Waals surface area contributed by atoms with Gasteiger partial charge in [-0.3, -0.25) is 14.4 Å². The Kier molecular flexibility index (Phi) is 64.8. The lowest BCUT2D eigenvalue weighted by atomic mass is 10.0. The molecule has 0 spiro atoms. The van der Waals surface area contributed by atoms with Crippen molar-refractivity contribution in [3.63, 3.8) is 0 Å². The lowest BCUT2D eigenvalue weighted by molar-refractivity contribution is -0.167. The molecule has 0 aromatic rings. The van der Waals surface area contributed by atoms with Crippen molar-refractivity contribution in [3.05, 3.63) is 122 Å². The monoisotopic (exact) mass is 1120 g/mol. The number of carbonyl (C=O) groups excluding carboxylic acids is 3. The molecule has 0 fully saturated rings. The first kappa shape index (κ1) is 76.8. The van der Waals surface area contributed by atoms with Crippen LogP contribution in [0.2, 0.25) is 0 Å². The SMILES string of the molecule is CC/C=C\C/C=C\C/C=C\C/C=C\C/C=C\C/C=C\C/C=C\C/C=C\CCCCCCC(=O)OCC(COC(=O)CCCCCCC/C=C\C/C=C\CCCCC)OC(=O)CCCCCCCCCCCCCCCCCCCCC. The van der Waals surface area contributed by atoms with Crippen LogP contribution < -0.4 is 0 Å². The predicted octanol–water partition coefficient (Wildman–Crippen LogP) is 23.6. The molecular weight excluding hydrogens is 997 g/mol. The molecule has 0 aliphatic rings. The third-order valence-electron chi connectivity index (χ3n) is 14.5. The fourth-order valence-electron chi connectivity index (χ4n) is 9.37. The molecule has 0 amide bonds. The molecule has 1 unspecified atom stereocenters. The van der Waals surface area contributed by atoms with E-state index in [0.717, 1.165) is 148 Å². The van der Waals surface area contributed by atoms with E-state index in [0.29, 0.717) is 19.3 Å². The van der Waals surface area contributed by atoms with Crippen LogP contribution in [0.4, 0.5) is 0 Å². The summed E-state index contributed by atoms with van der Waals surface area (Å²) in [5.41, 5.74) is 0. The van der Waals surface area contributed by atoms with Crippen LogP contribution in [-0.4, -0.2) is 37.2 Å². The van der Waals surface area contributed by atoms with Crippen LogP contribution in [0.5, 0.6) is 0 Å². The molecule has 0 aromatic heterocycles. The number of allylic oxidation sites excluding steroid dienone is 20. The van der Waals surface area contributed by atoms with Crippen LogP contribution in [0, 0.1) is 0 Å². The molecule has 0 N–H and O–H groups in total. The van der Waals surface area contributed by atoms with Gasteiger partial charge in [0.15, 0.2) is 6.10 Å². The van der Waals surface area contributed by atoms with Crippen molar-refractivity contribution in [3.8, 4) is 0 Å². The van der Waals surface area contributed by atoms with Gasteiger partial charge in [0.25, 0.3) is 0 Å². The van der Waals surface area contributed by atoms with Gasteiger partial charge in [0, 0.05) is 19.3 Å². The molecule has 0 aliphatic carbocycles. The van der Waals surface area contributed by atoms with Crippen LogP contribution in [0.1, 0.15) is 316 Å². The van der Waals surface area contributed by atoms with E-state index in [-0.39, 0.29) is 31.1 Å². The number of carbonyl (C=O) groups is 3. The summed E-state index contributed by atoms with van der Waals surface area (Å²) < 4.78 is 16.9. The Bertz CT molecular complexity index is 1670. The minimum Gasteiger partial charge on any atom is -0.462 e. The summed E-state index contributed by atoms with van der Waals surface area (Å²) in [5.74, 6) is -0.921. The first-order valence-electron chi connectivity index (χ1n) is 34.0. The molecule has 0 heterocycles. The second-order valence-electron chi connectivity index (χ2n) is 22.4. The van der Waals surface area contributed by atoms with Crippen LogP contribution >= 0.6 is 0 Å². The fourth-order valence-corrected chi connectivity index (χ4v) is 9.37. The normalized spacial score (nSPS) is 12.9. The number of unbranched alkanes of at least 4 members (excludes halogenated alkanes) is 30. The second-order valence-corrected chi connectivity index (χ2v) is 22.4. The smallest absolute Gasteiger partial charge is 0.306 e. The molecular formula is C75H126O6. The van der Waals surface area contributed by atoms with E-state index in [2.05, 4.69) is 142 Å². The summed E-state index contributed by atoms with van der Waals surface area (Å²) in [6, 6.07) is 0. The zero-order valence-electron chi connectivity index (χ0n) is 53.0. The molecule has 462 valence electrons. The van der Waals surface area contributed by atoms with Crippen LogP contribution in [0.3, 0.4) is 0 Å². The van der Waals surface area contributed by atoms with Crippen LogP contribution in [-0.2, 0) is 28.6 Å². The second kappa shape index (κ2) is 68.3. The highest BCUT2D eigenvalue weighted by molar-refractivity contribution is 5.71. The van der Waals surface area contributed by atoms with Crippen molar-refractivity contribution >= 4 is 17.9 Å². The van der Waals surface area contributed by atoms with Crippen molar-refractivity contribution < 1.29 is 28.6 Å². The summed E-state index contributed by atoms with van der Waals surface area (Å²) in [6.45, 7) is 6.50. The summed E-state index contributed by atoms with van der Waals surface area (Å²) in [7, 11) is 0. The van der Waals surface area contributed by atoms with E-state index in [9.17, 15) is 14.4 Å². The van der Waals surface area contributed by atoms with Gasteiger partial charge in [-0.05, 0) is 116 Å². The number of hydrogen-bond acceptors (Lipinski definition) is 6. The Morgan fingerprint density at radius 3 is 0.778 bits per heavy atom. The molecule has 1 atom stereocenters. The van der Waals surface area contributed by atoms with Gasteiger partial charge in [-0.25, -0.2) is 0 Å². The van der Waals surface area contributed by atoms with Crippen LogP contribution in [0.25, 0.3) is 0 Å². The molecule has 0 aromatic carbocycles. The third-order valence-corrected chi connectivity index (χ3v) is 14.5. The van der Waals surface area contributed by atoms with Gasteiger partial charge >= 0.3 is 17.9 Å². The van der Waals surface area contributed by atoms with Crippen molar-refractivity contribution in [1.82, 2.24) is 0 Å². The Morgan fingerprint density at radius 1 is 0.259 bits per heavy atom. The topological polar surface area (TPSA) is 78.9 Å². The molecule has 0 radical (unpaired) electrons. The van der Waals surface area contributed by atoms with E-state index in [1.807, 2.05) is 0 Å². The largest absolute Gasteiger partial charge is 0.462 e. The standard InChI is InChI=1S/C75H126O6/c1-4-7-10-13-16-19-22-25-28-30-32-33-34-35-36-37-38-39-40-41-43-44-47-50-53-56-59-62-65-68-74(77)80-71-72(70-79-73(76)67-64-61-58-55-52-49-46-27-24-21-18-15-12-9-6-3)81-75(78)69-66-63-60-57-54-51-48-45-42-31-29-26-23-20-17-14-11-8-5-2/h7,10,16,18-19,21,25,27-28,32-33,35-36,38-39,41,43,46-47,50,72H,4-6,8-9,11-15,17,20,22-24,26,29-31,34,37,40,42,44-45,48-49,51-71H2,1-3H3/b10-7-,19-16-,21-18-,28-25-,33-32-,36-35-,39-38-,43-41-,46-27-,50-47-. The van der Waals surface area contributed by atoms with Crippen molar-refractivity contribution in [2.75, 3.05) is 13.2 Å². The number of esters is 3.